The minimum Gasteiger partial charge on any atom is -0.466 e. The molecule has 0 saturated heterocycles. The molecule has 0 aliphatic carbocycles. The summed E-state index contributed by atoms with van der Waals surface area (Å²) in [6, 6.07) is 4.11. The van der Waals surface area contributed by atoms with E-state index in [1.807, 2.05) is 0 Å². The summed E-state index contributed by atoms with van der Waals surface area (Å²) in [6.07, 6.45) is 5.08. The molecule has 0 amide bonds. The Morgan fingerprint density at radius 3 is 2.38 bits per heavy atom. The smallest absolute Gasteiger partial charge is 0.306 e. The van der Waals surface area contributed by atoms with Gasteiger partial charge in [-0.05, 0) is 18.6 Å². The van der Waals surface area contributed by atoms with Crippen molar-refractivity contribution in [3.63, 3.8) is 0 Å². The van der Waals surface area contributed by atoms with Crippen molar-refractivity contribution in [2.24, 2.45) is 0 Å². The molecule has 0 saturated carbocycles. The Morgan fingerprint density at radius 1 is 1.08 bits per heavy atom. The maximum absolute atomic E-state index is 11.7. The molecular weight excluding hydrogens is 362 g/mol. The van der Waals surface area contributed by atoms with E-state index in [9.17, 15) is 19.7 Å². The molecule has 0 aliphatic rings. The Morgan fingerprint density at radius 2 is 1.73 bits per heavy atom. The number of rotatable bonds is 12. The Bertz CT molecular complexity index is 620. The number of carbonyl (C=O) groups is 2. The molecule has 7 nitrogen and oxygen atoms in total. The molecule has 0 radical (unpaired) electrons. The number of unbranched alkanes of at least 4 members (excludes halogenated alkanes) is 4. The van der Waals surface area contributed by atoms with Gasteiger partial charge in [-0.15, -0.1) is 0 Å². The van der Waals surface area contributed by atoms with Crippen molar-refractivity contribution in [3.05, 3.63) is 38.9 Å². The third-order valence-corrected chi connectivity index (χ3v) is 3.91. The topological polar surface area (TPSA) is 95.7 Å². The molecule has 0 unspecified atom stereocenters. The molecule has 0 fully saturated rings. The fraction of sp³-hybridized carbons (Fsp3) is 0.556. The fourth-order valence-corrected chi connectivity index (χ4v) is 2.39. The van der Waals surface area contributed by atoms with Crippen LogP contribution in [0.4, 0.5) is 5.69 Å². The summed E-state index contributed by atoms with van der Waals surface area (Å²) in [6.45, 7) is 2.23. The molecule has 0 N–H and O–H groups in total. The maximum Gasteiger partial charge on any atom is 0.306 e. The van der Waals surface area contributed by atoms with Crippen LogP contribution in [0.1, 0.15) is 57.4 Å². The first-order valence-electron chi connectivity index (χ1n) is 8.68. The number of nitro benzene ring substituents is 1. The molecule has 8 heteroatoms. The predicted molar refractivity (Wildman–Crippen MR) is 96.9 cm³/mol. The number of carbonyl (C=O) groups excluding carboxylic acids is 2. The van der Waals surface area contributed by atoms with Gasteiger partial charge in [0.2, 0.25) is 0 Å². The van der Waals surface area contributed by atoms with Gasteiger partial charge in [-0.3, -0.25) is 19.7 Å². The van der Waals surface area contributed by atoms with Crippen molar-refractivity contribution in [2.45, 2.75) is 58.5 Å². The number of hydrogen-bond donors (Lipinski definition) is 0. The standard InChI is InChI=1S/C18H24ClNO6/c1-2-3-4-5-6-11-25-17(21)9-10-18(22)26-13-14-7-8-15(19)12-16(14)20(23)24/h7-8,12H,2-6,9-11,13H2,1H3. The molecular formula is C18H24ClNO6. The second kappa shape index (κ2) is 12.2. The Hall–Kier alpha value is -2.15. The molecule has 26 heavy (non-hydrogen) atoms. The van der Waals surface area contributed by atoms with Crippen LogP contribution in [0.5, 0.6) is 0 Å². The van der Waals surface area contributed by atoms with E-state index in [4.69, 9.17) is 21.1 Å². The monoisotopic (exact) mass is 385 g/mol. The summed E-state index contributed by atoms with van der Waals surface area (Å²) in [5.41, 5.74) is 0.0233. The van der Waals surface area contributed by atoms with Crippen LogP contribution in [-0.4, -0.2) is 23.5 Å². The molecule has 1 rings (SSSR count). The minimum atomic E-state index is -0.617. The number of nitro groups is 1. The third kappa shape index (κ3) is 8.80. The highest BCUT2D eigenvalue weighted by molar-refractivity contribution is 6.30. The van der Waals surface area contributed by atoms with Crippen LogP contribution in [0.25, 0.3) is 0 Å². The van der Waals surface area contributed by atoms with E-state index in [0.717, 1.165) is 25.7 Å². The lowest BCUT2D eigenvalue weighted by Crippen LogP contribution is -2.11. The first kappa shape index (κ1) is 21.9. The van der Waals surface area contributed by atoms with Crippen molar-refractivity contribution in [1.29, 1.82) is 0 Å². The van der Waals surface area contributed by atoms with Crippen molar-refractivity contribution in [3.8, 4) is 0 Å². The van der Waals surface area contributed by atoms with E-state index >= 15 is 0 Å². The van der Waals surface area contributed by atoms with Gasteiger partial charge in [0, 0.05) is 11.1 Å². The quantitative estimate of drug-likeness (QED) is 0.226. The normalized spacial score (nSPS) is 10.4. The number of nitrogens with zero attached hydrogens (tertiary/aromatic N) is 1. The van der Waals surface area contributed by atoms with Crippen molar-refractivity contribution in [1.82, 2.24) is 0 Å². The summed E-state index contributed by atoms with van der Waals surface area (Å²) < 4.78 is 10.0. The number of benzene rings is 1. The van der Waals surface area contributed by atoms with Gasteiger partial charge in [-0.2, -0.15) is 0 Å². The summed E-state index contributed by atoms with van der Waals surface area (Å²) in [7, 11) is 0. The molecule has 0 bridgehead atoms. The summed E-state index contributed by atoms with van der Waals surface area (Å²) in [4.78, 5) is 33.6. The Balaban J connectivity index is 2.26. The lowest BCUT2D eigenvalue weighted by molar-refractivity contribution is -0.385. The van der Waals surface area contributed by atoms with Gasteiger partial charge >= 0.3 is 11.9 Å². The Labute approximate surface area is 157 Å². The van der Waals surface area contributed by atoms with Crippen LogP contribution in [0.2, 0.25) is 5.02 Å². The average Bonchev–Trinajstić information content (AvgIpc) is 2.61. The van der Waals surface area contributed by atoms with Crippen LogP contribution in [0.15, 0.2) is 18.2 Å². The second-order valence-electron chi connectivity index (χ2n) is 5.83. The number of esters is 2. The van der Waals surface area contributed by atoms with E-state index in [0.29, 0.717) is 6.61 Å². The second-order valence-corrected chi connectivity index (χ2v) is 6.26. The minimum absolute atomic E-state index is 0.0729. The zero-order valence-electron chi connectivity index (χ0n) is 14.9. The number of hydrogen-bond acceptors (Lipinski definition) is 6. The Kier molecular flexibility index (Phi) is 10.3. The first-order chi connectivity index (χ1) is 12.4. The van der Waals surface area contributed by atoms with Crippen molar-refractivity contribution in [2.75, 3.05) is 6.61 Å². The molecule has 144 valence electrons. The van der Waals surface area contributed by atoms with Crippen LogP contribution >= 0.6 is 11.6 Å². The average molecular weight is 386 g/mol. The molecule has 0 atom stereocenters. The van der Waals surface area contributed by atoms with Crippen LogP contribution in [-0.2, 0) is 25.7 Å². The molecule has 0 spiro atoms. The van der Waals surface area contributed by atoms with Crippen LogP contribution in [0, 0.1) is 10.1 Å². The van der Waals surface area contributed by atoms with Gasteiger partial charge in [0.1, 0.15) is 6.61 Å². The van der Waals surface area contributed by atoms with E-state index < -0.39 is 16.9 Å². The van der Waals surface area contributed by atoms with E-state index in [1.165, 1.54) is 24.6 Å². The van der Waals surface area contributed by atoms with Crippen LogP contribution in [0.3, 0.4) is 0 Å². The molecule has 0 aromatic heterocycles. The zero-order chi connectivity index (χ0) is 19.4. The van der Waals surface area contributed by atoms with E-state index in [-0.39, 0.29) is 35.7 Å². The van der Waals surface area contributed by atoms with Crippen molar-refractivity contribution < 1.29 is 24.0 Å². The van der Waals surface area contributed by atoms with Gasteiger partial charge < -0.3 is 9.47 Å². The molecule has 1 aromatic rings. The first-order valence-corrected chi connectivity index (χ1v) is 9.06. The summed E-state index contributed by atoms with van der Waals surface area (Å²) in [5.74, 6) is -1.07. The molecule has 0 heterocycles. The fourth-order valence-electron chi connectivity index (χ4n) is 2.23. The highest BCUT2D eigenvalue weighted by Gasteiger charge is 2.16. The number of halogens is 1. The largest absolute Gasteiger partial charge is 0.466 e. The van der Waals surface area contributed by atoms with Gasteiger partial charge in [0.25, 0.3) is 5.69 Å². The highest BCUT2D eigenvalue weighted by atomic mass is 35.5. The summed E-state index contributed by atoms with van der Waals surface area (Å²) >= 11 is 5.72. The maximum atomic E-state index is 11.7. The molecule has 1 aromatic carbocycles. The van der Waals surface area contributed by atoms with Gasteiger partial charge in [-0.25, -0.2) is 0 Å². The SMILES string of the molecule is CCCCCCCOC(=O)CCC(=O)OCc1ccc(Cl)cc1[N+](=O)[O-]. The summed E-state index contributed by atoms with van der Waals surface area (Å²) in [5, 5.41) is 11.2. The van der Waals surface area contributed by atoms with Gasteiger partial charge in [0.15, 0.2) is 0 Å². The number of ether oxygens (including phenoxy) is 2. The highest BCUT2D eigenvalue weighted by Crippen LogP contribution is 2.24. The van der Waals surface area contributed by atoms with Crippen molar-refractivity contribution >= 4 is 29.2 Å². The molecule has 0 aliphatic heterocycles. The third-order valence-electron chi connectivity index (χ3n) is 3.68. The van der Waals surface area contributed by atoms with Gasteiger partial charge in [-0.1, -0.05) is 44.2 Å². The van der Waals surface area contributed by atoms with E-state index in [1.54, 1.807) is 0 Å². The predicted octanol–water partition coefficient (Wildman–Crippen LogP) is 4.59. The van der Waals surface area contributed by atoms with Gasteiger partial charge in [0.05, 0.1) is 29.9 Å². The van der Waals surface area contributed by atoms with E-state index in [2.05, 4.69) is 6.92 Å². The lowest BCUT2D eigenvalue weighted by Gasteiger charge is -2.07. The zero-order valence-corrected chi connectivity index (χ0v) is 15.6. The lowest BCUT2D eigenvalue weighted by atomic mass is 10.2. The van der Waals surface area contributed by atoms with Crippen LogP contribution < -0.4 is 0 Å².